The third-order valence-corrected chi connectivity index (χ3v) is 7.84. The van der Waals surface area contributed by atoms with E-state index in [0.29, 0.717) is 29.9 Å². The summed E-state index contributed by atoms with van der Waals surface area (Å²) in [5, 5.41) is -2.68. The van der Waals surface area contributed by atoms with Gasteiger partial charge in [-0.15, -0.1) is 0 Å². The number of allylic oxidation sites excluding steroid dienone is 2. The number of alkyl halides is 4. The van der Waals surface area contributed by atoms with Gasteiger partial charge < -0.3 is 9.80 Å². The lowest BCUT2D eigenvalue weighted by atomic mass is 9.90. The van der Waals surface area contributed by atoms with Crippen LogP contribution in [0.2, 0.25) is 0 Å². The molecule has 1 fully saturated rings. The Bertz CT molecular complexity index is 1260. The van der Waals surface area contributed by atoms with Crippen LogP contribution < -0.4 is 4.90 Å². The minimum Gasteiger partial charge on any atom is -0.368 e. The summed E-state index contributed by atoms with van der Waals surface area (Å²) >= 11 is 0. The van der Waals surface area contributed by atoms with Crippen molar-refractivity contribution in [1.82, 2.24) is 4.90 Å². The number of rotatable bonds is 4. The lowest BCUT2D eigenvalue weighted by molar-refractivity contribution is -0.137. The minimum absolute atomic E-state index is 0.0783. The van der Waals surface area contributed by atoms with Crippen molar-refractivity contribution in [2.24, 2.45) is 0 Å². The van der Waals surface area contributed by atoms with Crippen molar-refractivity contribution in [3.8, 4) is 0 Å². The molecule has 0 aromatic heterocycles. The number of hydrogen-bond donors (Lipinski definition) is 0. The molecule has 0 bridgehead atoms. The number of sulfone groups is 1. The average molecular weight is 509 g/mol. The molecular weight excluding hydrogens is 484 g/mol. The highest BCUT2D eigenvalue weighted by Gasteiger charge is 2.44. The molecule has 5 nitrogen and oxygen atoms in total. The third-order valence-electron chi connectivity index (χ3n) is 6.33. The summed E-state index contributed by atoms with van der Waals surface area (Å²) in [6.45, 7) is 1.25. The van der Waals surface area contributed by atoms with Gasteiger partial charge in [0, 0.05) is 50.1 Å². The normalized spacial score (nSPS) is 21.4. The molecule has 2 aromatic carbocycles. The number of piperazine rings is 1. The summed E-state index contributed by atoms with van der Waals surface area (Å²) in [6.07, 6.45) is -1.87. The molecule has 2 aromatic rings. The van der Waals surface area contributed by atoms with Crippen LogP contribution in [0.1, 0.15) is 17.5 Å². The quantitative estimate of drug-likeness (QED) is 0.572. The number of amides is 1. The maximum absolute atomic E-state index is 15.4. The van der Waals surface area contributed by atoms with Gasteiger partial charge in [0.2, 0.25) is 5.00 Å². The predicted octanol–water partition coefficient (Wildman–Crippen LogP) is 4.48. The first kappa shape index (κ1) is 25.0. The molecule has 1 amide bonds. The van der Waals surface area contributed by atoms with Gasteiger partial charge in [-0.1, -0.05) is 36.4 Å². The topological polar surface area (TPSA) is 57.7 Å². The molecular formula is C25H24F4N2O3S. The molecule has 0 saturated carbocycles. The Morgan fingerprint density at radius 3 is 2.09 bits per heavy atom. The zero-order chi connectivity index (χ0) is 25.4. The van der Waals surface area contributed by atoms with Gasteiger partial charge in [-0.2, -0.15) is 13.2 Å². The van der Waals surface area contributed by atoms with E-state index in [4.69, 9.17) is 0 Å². The van der Waals surface area contributed by atoms with Crippen LogP contribution in [0.4, 0.5) is 23.2 Å². The standard InChI is InChI=1S/C25H24F4N2O3S/c1-35(33,34)24(26)12-11-21(18-5-3-2-4-6-18)22(17-24)23(32)31-15-13-30(14-16-31)20-9-7-19(8-10-20)25(27,28)29/h2-12H,13-17H2,1H3. The highest BCUT2D eigenvalue weighted by atomic mass is 32.2. The summed E-state index contributed by atoms with van der Waals surface area (Å²) in [5.41, 5.74) is 1.09. The fourth-order valence-electron chi connectivity index (χ4n) is 4.26. The largest absolute Gasteiger partial charge is 0.416 e. The van der Waals surface area contributed by atoms with E-state index >= 15 is 4.39 Å². The Kier molecular flexibility index (Phi) is 6.52. The summed E-state index contributed by atoms with van der Waals surface area (Å²) < 4.78 is 78.1. The number of carbonyl (C=O) groups excluding carboxylic acids is 1. The van der Waals surface area contributed by atoms with E-state index < -0.39 is 38.9 Å². The Hall–Kier alpha value is -3.14. The number of halogens is 4. The van der Waals surface area contributed by atoms with Gasteiger partial charge in [-0.05, 0) is 41.5 Å². The SMILES string of the molecule is CS(=O)(=O)C1(F)C=CC(c2ccccc2)=C(C(=O)N2CCN(c3ccc(C(F)(F)F)cc3)CC2)C1. The van der Waals surface area contributed by atoms with Gasteiger partial charge in [-0.25, -0.2) is 12.8 Å². The molecule has 1 unspecified atom stereocenters. The van der Waals surface area contributed by atoms with Crippen molar-refractivity contribution in [3.05, 3.63) is 83.4 Å². The molecule has 0 radical (unpaired) electrons. The second kappa shape index (κ2) is 9.14. The third kappa shape index (κ3) is 5.12. The van der Waals surface area contributed by atoms with Gasteiger partial charge in [0.1, 0.15) is 0 Å². The molecule has 0 N–H and O–H groups in total. The van der Waals surface area contributed by atoms with Crippen molar-refractivity contribution in [2.45, 2.75) is 17.6 Å². The molecule has 1 saturated heterocycles. The van der Waals surface area contributed by atoms with Crippen LogP contribution in [0.5, 0.6) is 0 Å². The van der Waals surface area contributed by atoms with Gasteiger partial charge in [0.15, 0.2) is 9.84 Å². The minimum atomic E-state index is -4.42. The lowest BCUT2D eigenvalue weighted by Gasteiger charge is -2.37. The molecule has 1 aliphatic carbocycles. The van der Waals surface area contributed by atoms with Crippen LogP contribution in [0.25, 0.3) is 5.57 Å². The molecule has 35 heavy (non-hydrogen) atoms. The van der Waals surface area contributed by atoms with Gasteiger partial charge in [0.25, 0.3) is 5.91 Å². The van der Waals surface area contributed by atoms with E-state index in [9.17, 15) is 26.4 Å². The first-order valence-corrected chi connectivity index (χ1v) is 12.9. The average Bonchev–Trinajstić information content (AvgIpc) is 2.83. The summed E-state index contributed by atoms with van der Waals surface area (Å²) in [6, 6.07) is 13.7. The van der Waals surface area contributed by atoms with E-state index in [1.807, 2.05) is 4.90 Å². The van der Waals surface area contributed by atoms with Gasteiger partial charge in [0.05, 0.1) is 5.56 Å². The zero-order valence-corrected chi connectivity index (χ0v) is 19.7. The number of benzene rings is 2. The van der Waals surface area contributed by atoms with E-state index in [1.54, 1.807) is 30.3 Å². The molecule has 0 spiro atoms. The van der Waals surface area contributed by atoms with Crippen LogP contribution >= 0.6 is 0 Å². The maximum atomic E-state index is 15.4. The monoisotopic (exact) mass is 508 g/mol. The van der Waals surface area contributed by atoms with Gasteiger partial charge in [-0.3, -0.25) is 4.79 Å². The fraction of sp³-hybridized carbons (Fsp3) is 0.320. The Labute approximate surface area is 201 Å². The Balaban J connectivity index is 1.55. The van der Waals surface area contributed by atoms with Crippen molar-refractivity contribution < 1.29 is 30.8 Å². The second-order valence-electron chi connectivity index (χ2n) is 8.65. The summed E-state index contributed by atoms with van der Waals surface area (Å²) in [7, 11) is -4.13. The van der Waals surface area contributed by atoms with Crippen LogP contribution in [-0.2, 0) is 20.8 Å². The maximum Gasteiger partial charge on any atom is 0.416 e. The van der Waals surface area contributed by atoms with Crippen molar-refractivity contribution >= 4 is 27.0 Å². The van der Waals surface area contributed by atoms with Gasteiger partial charge >= 0.3 is 6.18 Å². The number of carbonyl (C=O) groups is 1. The van der Waals surface area contributed by atoms with Crippen molar-refractivity contribution in [2.75, 3.05) is 37.3 Å². The van der Waals surface area contributed by atoms with Crippen LogP contribution in [0.15, 0.2) is 72.3 Å². The van der Waals surface area contributed by atoms with Crippen LogP contribution in [-0.4, -0.2) is 56.7 Å². The van der Waals surface area contributed by atoms with E-state index in [2.05, 4.69) is 0 Å². The lowest BCUT2D eigenvalue weighted by Crippen LogP contribution is -2.50. The highest BCUT2D eigenvalue weighted by Crippen LogP contribution is 2.39. The Morgan fingerprint density at radius 2 is 1.54 bits per heavy atom. The fourth-order valence-corrected chi connectivity index (χ4v) is 4.98. The van der Waals surface area contributed by atoms with Crippen molar-refractivity contribution in [3.63, 3.8) is 0 Å². The molecule has 4 rings (SSSR count). The summed E-state index contributed by atoms with van der Waals surface area (Å²) in [5.74, 6) is -0.453. The number of hydrogen-bond acceptors (Lipinski definition) is 4. The number of nitrogens with zero attached hydrogens (tertiary/aromatic N) is 2. The van der Waals surface area contributed by atoms with E-state index in [1.165, 1.54) is 23.1 Å². The smallest absolute Gasteiger partial charge is 0.368 e. The zero-order valence-electron chi connectivity index (χ0n) is 18.9. The van der Waals surface area contributed by atoms with Crippen LogP contribution in [0, 0.1) is 0 Å². The highest BCUT2D eigenvalue weighted by molar-refractivity contribution is 7.92. The molecule has 1 aliphatic heterocycles. The molecule has 1 heterocycles. The molecule has 1 atom stereocenters. The molecule has 2 aliphatic rings. The molecule has 186 valence electrons. The first-order chi connectivity index (χ1) is 16.4. The van der Waals surface area contributed by atoms with E-state index in [-0.39, 0.29) is 18.7 Å². The predicted molar refractivity (Wildman–Crippen MR) is 126 cm³/mol. The van der Waals surface area contributed by atoms with Crippen molar-refractivity contribution in [1.29, 1.82) is 0 Å². The van der Waals surface area contributed by atoms with Crippen LogP contribution in [0.3, 0.4) is 0 Å². The first-order valence-electron chi connectivity index (χ1n) is 11.0. The summed E-state index contributed by atoms with van der Waals surface area (Å²) in [4.78, 5) is 16.9. The van der Waals surface area contributed by atoms with E-state index in [0.717, 1.165) is 24.5 Å². The molecule has 10 heteroatoms. The second-order valence-corrected chi connectivity index (χ2v) is 10.9. The Morgan fingerprint density at radius 1 is 0.943 bits per heavy atom. The number of anilines is 1.